The van der Waals surface area contributed by atoms with Crippen molar-refractivity contribution in [2.24, 2.45) is 0 Å². The number of nitrogens with one attached hydrogen (secondary N) is 1. The van der Waals surface area contributed by atoms with Crippen LogP contribution in [0.2, 0.25) is 0 Å². The van der Waals surface area contributed by atoms with Gasteiger partial charge in [0, 0.05) is 12.1 Å². The predicted molar refractivity (Wildman–Crippen MR) is 96.5 cm³/mol. The van der Waals surface area contributed by atoms with Crippen molar-refractivity contribution in [2.45, 2.75) is 6.54 Å². The first-order valence-electron chi connectivity index (χ1n) is 7.74. The summed E-state index contributed by atoms with van der Waals surface area (Å²) in [7, 11) is 1.88. The number of phenols is 1. The summed E-state index contributed by atoms with van der Waals surface area (Å²) < 4.78 is 0. The van der Waals surface area contributed by atoms with E-state index in [-0.39, 0.29) is 23.0 Å². The molecule has 0 atom stereocenters. The third-order valence-corrected chi connectivity index (χ3v) is 3.80. The zero-order valence-corrected chi connectivity index (χ0v) is 13.7. The number of nitrogens with two attached hydrogens (primary N) is 1. The van der Waals surface area contributed by atoms with Crippen LogP contribution >= 0.6 is 0 Å². The SMILES string of the molecule is CNCc1ccc(-c2nc(-c3ccccc3O)nc(N)c2C#N)cc1. The molecule has 0 unspecified atom stereocenters. The van der Waals surface area contributed by atoms with Gasteiger partial charge in [-0.3, -0.25) is 0 Å². The van der Waals surface area contributed by atoms with Crippen molar-refractivity contribution in [1.82, 2.24) is 15.3 Å². The number of nitrogens with zero attached hydrogens (tertiary/aromatic N) is 3. The van der Waals surface area contributed by atoms with Crippen LogP contribution in [0.25, 0.3) is 22.6 Å². The minimum absolute atomic E-state index is 0.0573. The van der Waals surface area contributed by atoms with Crippen molar-refractivity contribution < 1.29 is 5.11 Å². The van der Waals surface area contributed by atoms with Crippen molar-refractivity contribution in [2.75, 3.05) is 12.8 Å². The van der Waals surface area contributed by atoms with Crippen LogP contribution in [0.3, 0.4) is 0 Å². The molecule has 0 saturated heterocycles. The van der Waals surface area contributed by atoms with Gasteiger partial charge in [-0.1, -0.05) is 36.4 Å². The van der Waals surface area contributed by atoms with Crippen molar-refractivity contribution in [3.05, 3.63) is 59.7 Å². The Bertz CT molecular complexity index is 945. The van der Waals surface area contributed by atoms with Crippen LogP contribution < -0.4 is 11.1 Å². The second-order valence-corrected chi connectivity index (χ2v) is 5.51. The molecule has 6 nitrogen and oxygen atoms in total. The Morgan fingerprint density at radius 2 is 1.84 bits per heavy atom. The van der Waals surface area contributed by atoms with Crippen LogP contribution in [-0.4, -0.2) is 22.1 Å². The summed E-state index contributed by atoms with van der Waals surface area (Å²) in [5.74, 6) is 0.427. The molecule has 2 aromatic carbocycles. The van der Waals surface area contributed by atoms with E-state index < -0.39 is 0 Å². The summed E-state index contributed by atoms with van der Waals surface area (Å²) in [6.07, 6.45) is 0. The average Bonchev–Trinajstić information content (AvgIpc) is 2.62. The molecule has 0 radical (unpaired) electrons. The van der Waals surface area contributed by atoms with E-state index in [0.29, 0.717) is 11.3 Å². The molecule has 0 spiro atoms. The molecule has 0 aliphatic rings. The largest absolute Gasteiger partial charge is 0.507 e. The maximum Gasteiger partial charge on any atom is 0.165 e. The molecular formula is C19H17N5O. The number of anilines is 1. The molecule has 0 fully saturated rings. The third kappa shape index (κ3) is 3.27. The van der Waals surface area contributed by atoms with E-state index in [2.05, 4.69) is 21.4 Å². The lowest BCUT2D eigenvalue weighted by molar-refractivity contribution is 0.477. The summed E-state index contributed by atoms with van der Waals surface area (Å²) in [6.45, 7) is 0.750. The standard InChI is InChI=1S/C19H17N5O/c1-22-11-12-6-8-13(9-7-12)17-15(10-20)18(21)24-19(23-17)14-4-2-3-5-16(14)25/h2-9,22,25H,11H2,1H3,(H2,21,23,24). The van der Waals surface area contributed by atoms with Crippen molar-refractivity contribution in [3.8, 4) is 34.5 Å². The highest BCUT2D eigenvalue weighted by Gasteiger charge is 2.16. The van der Waals surface area contributed by atoms with Crippen LogP contribution in [0.4, 0.5) is 5.82 Å². The number of rotatable bonds is 4. The monoisotopic (exact) mass is 331 g/mol. The highest BCUT2D eigenvalue weighted by atomic mass is 16.3. The number of aromatic nitrogens is 2. The zero-order valence-electron chi connectivity index (χ0n) is 13.7. The minimum Gasteiger partial charge on any atom is -0.507 e. The number of hydrogen-bond acceptors (Lipinski definition) is 6. The molecule has 25 heavy (non-hydrogen) atoms. The molecule has 0 aliphatic heterocycles. The normalized spacial score (nSPS) is 10.4. The molecule has 1 heterocycles. The Labute approximate surface area is 145 Å². The number of aromatic hydroxyl groups is 1. The minimum atomic E-state index is 0.0573. The van der Waals surface area contributed by atoms with Crippen LogP contribution in [-0.2, 0) is 6.54 Å². The Hall–Kier alpha value is -3.43. The van der Waals surface area contributed by atoms with Gasteiger partial charge in [0.15, 0.2) is 5.82 Å². The Kier molecular flexibility index (Phi) is 4.59. The van der Waals surface area contributed by atoms with Gasteiger partial charge in [0.2, 0.25) is 0 Å². The maximum atomic E-state index is 10.0. The molecule has 3 aromatic rings. The van der Waals surface area contributed by atoms with Gasteiger partial charge in [-0.05, 0) is 24.7 Å². The van der Waals surface area contributed by atoms with E-state index in [4.69, 9.17) is 5.73 Å². The van der Waals surface area contributed by atoms with Crippen molar-refractivity contribution >= 4 is 5.82 Å². The first kappa shape index (κ1) is 16.4. The number of phenolic OH excluding ortho intramolecular Hbond substituents is 1. The van der Waals surface area contributed by atoms with Crippen molar-refractivity contribution in [1.29, 1.82) is 5.26 Å². The highest BCUT2D eigenvalue weighted by Crippen LogP contribution is 2.31. The second-order valence-electron chi connectivity index (χ2n) is 5.51. The lowest BCUT2D eigenvalue weighted by Gasteiger charge is -2.10. The molecule has 4 N–H and O–H groups in total. The van der Waals surface area contributed by atoms with Gasteiger partial charge >= 0.3 is 0 Å². The molecular weight excluding hydrogens is 314 g/mol. The van der Waals surface area contributed by atoms with E-state index in [0.717, 1.165) is 17.7 Å². The molecule has 0 amide bonds. The van der Waals surface area contributed by atoms with E-state index >= 15 is 0 Å². The smallest absolute Gasteiger partial charge is 0.165 e. The molecule has 6 heteroatoms. The summed E-state index contributed by atoms with van der Waals surface area (Å²) in [4.78, 5) is 8.67. The van der Waals surface area contributed by atoms with E-state index in [1.165, 1.54) is 0 Å². The van der Waals surface area contributed by atoms with E-state index in [1.807, 2.05) is 31.3 Å². The summed E-state index contributed by atoms with van der Waals surface area (Å²) >= 11 is 0. The number of benzene rings is 2. The molecule has 124 valence electrons. The first-order valence-corrected chi connectivity index (χ1v) is 7.74. The Morgan fingerprint density at radius 1 is 1.12 bits per heavy atom. The Morgan fingerprint density at radius 3 is 2.48 bits per heavy atom. The molecule has 1 aromatic heterocycles. The number of nitriles is 1. The number of nitrogen functional groups attached to an aromatic ring is 1. The van der Waals surface area contributed by atoms with E-state index in [1.54, 1.807) is 24.3 Å². The fourth-order valence-electron chi connectivity index (χ4n) is 2.56. The topological polar surface area (TPSA) is 108 Å². The third-order valence-electron chi connectivity index (χ3n) is 3.80. The number of hydrogen-bond donors (Lipinski definition) is 3. The summed E-state index contributed by atoms with van der Waals surface area (Å²) in [5.41, 5.74) is 8.99. The van der Waals surface area contributed by atoms with Crippen LogP contribution in [0.15, 0.2) is 48.5 Å². The van der Waals surface area contributed by atoms with Gasteiger partial charge in [0.25, 0.3) is 0 Å². The fraction of sp³-hybridized carbons (Fsp3) is 0.105. The first-order chi connectivity index (χ1) is 12.1. The van der Waals surface area contributed by atoms with Gasteiger partial charge < -0.3 is 16.2 Å². The lowest BCUT2D eigenvalue weighted by atomic mass is 10.0. The summed E-state index contributed by atoms with van der Waals surface area (Å²) in [6, 6.07) is 16.5. The van der Waals surface area contributed by atoms with Crippen LogP contribution in [0.1, 0.15) is 11.1 Å². The maximum absolute atomic E-state index is 10.0. The summed E-state index contributed by atoms with van der Waals surface area (Å²) in [5, 5.41) is 22.6. The van der Waals surface area contributed by atoms with E-state index in [9.17, 15) is 10.4 Å². The average molecular weight is 331 g/mol. The van der Waals surface area contributed by atoms with Gasteiger partial charge in [0.1, 0.15) is 23.2 Å². The lowest BCUT2D eigenvalue weighted by Crippen LogP contribution is -2.05. The zero-order chi connectivity index (χ0) is 17.8. The number of para-hydroxylation sites is 1. The fourth-order valence-corrected chi connectivity index (χ4v) is 2.56. The van der Waals surface area contributed by atoms with Crippen LogP contribution in [0, 0.1) is 11.3 Å². The molecule has 3 rings (SSSR count). The molecule has 0 bridgehead atoms. The van der Waals surface area contributed by atoms with Gasteiger partial charge in [-0.15, -0.1) is 0 Å². The van der Waals surface area contributed by atoms with Crippen molar-refractivity contribution in [3.63, 3.8) is 0 Å². The predicted octanol–water partition coefficient (Wildman–Crippen LogP) is 2.69. The molecule has 0 saturated carbocycles. The van der Waals surface area contributed by atoms with Gasteiger partial charge in [-0.25, -0.2) is 9.97 Å². The second kappa shape index (κ2) is 6.99. The van der Waals surface area contributed by atoms with Gasteiger partial charge in [0.05, 0.1) is 11.3 Å². The Balaban J connectivity index is 2.15. The quantitative estimate of drug-likeness (QED) is 0.678. The molecule has 0 aliphatic carbocycles. The highest BCUT2D eigenvalue weighted by molar-refractivity contribution is 5.76. The van der Waals surface area contributed by atoms with Gasteiger partial charge in [-0.2, -0.15) is 5.26 Å². The van der Waals surface area contributed by atoms with Crippen LogP contribution in [0.5, 0.6) is 5.75 Å².